The van der Waals surface area contributed by atoms with Crippen LogP contribution in [0, 0.1) is 0 Å². The summed E-state index contributed by atoms with van der Waals surface area (Å²) >= 11 is 0. The second kappa shape index (κ2) is 10.9. The number of rotatable bonds is 8. The lowest BCUT2D eigenvalue weighted by molar-refractivity contribution is -0.137. The van der Waals surface area contributed by atoms with E-state index in [1.165, 1.54) is 12.1 Å². The average molecular weight is 607 g/mol. The van der Waals surface area contributed by atoms with E-state index in [0.29, 0.717) is 52.1 Å². The van der Waals surface area contributed by atoms with Crippen molar-refractivity contribution >= 4 is 23.2 Å². The minimum Gasteiger partial charge on any atom is -0.394 e. The maximum absolute atomic E-state index is 13.2. The Hall–Kier alpha value is -4.56. The van der Waals surface area contributed by atoms with E-state index in [1.54, 1.807) is 24.4 Å². The van der Waals surface area contributed by atoms with Crippen LogP contribution in [0.5, 0.6) is 0 Å². The van der Waals surface area contributed by atoms with Crippen LogP contribution in [0.25, 0.3) is 11.5 Å². The number of anilines is 3. The largest absolute Gasteiger partial charge is 0.416 e. The SMILES string of the molecule is O=C1NCc2nc(Nc3cc(N[C@H](CO)c4ccc(C(F)(F)F)cc4)c(-c4nc(C56CCN(CC5)CC6)no4)cn3)ccc21. The molecule has 1 amide bonds. The zero-order valence-corrected chi connectivity index (χ0v) is 23.5. The van der Waals surface area contributed by atoms with Crippen LogP contribution in [0.3, 0.4) is 0 Å². The van der Waals surface area contributed by atoms with Gasteiger partial charge < -0.3 is 30.5 Å². The van der Waals surface area contributed by atoms with Gasteiger partial charge in [-0.3, -0.25) is 4.79 Å². The Balaban J connectivity index is 1.22. The molecule has 3 saturated heterocycles. The summed E-state index contributed by atoms with van der Waals surface area (Å²) in [6, 6.07) is 8.91. The zero-order chi connectivity index (χ0) is 30.5. The molecule has 3 fully saturated rings. The lowest BCUT2D eigenvalue weighted by atomic mass is 9.71. The first kappa shape index (κ1) is 28.2. The van der Waals surface area contributed by atoms with Gasteiger partial charge in [-0.1, -0.05) is 17.3 Å². The molecule has 1 aromatic carbocycles. The number of carbonyl (C=O) groups excluding carboxylic acids is 1. The van der Waals surface area contributed by atoms with Gasteiger partial charge in [0.1, 0.15) is 11.6 Å². The molecule has 4 aliphatic rings. The third kappa shape index (κ3) is 5.24. The van der Waals surface area contributed by atoms with Gasteiger partial charge in [-0.05, 0) is 68.7 Å². The summed E-state index contributed by atoms with van der Waals surface area (Å²) in [7, 11) is 0. The molecular weight excluding hydrogens is 577 g/mol. The summed E-state index contributed by atoms with van der Waals surface area (Å²) < 4.78 is 45.3. The number of carbonyl (C=O) groups is 1. The second-order valence-corrected chi connectivity index (χ2v) is 11.4. The Bertz CT molecular complexity index is 1690. The molecule has 0 unspecified atom stereocenters. The van der Waals surface area contributed by atoms with E-state index in [4.69, 9.17) is 9.51 Å². The van der Waals surface area contributed by atoms with Crippen molar-refractivity contribution in [1.29, 1.82) is 0 Å². The number of fused-ring (bicyclic) bond motifs is 4. The van der Waals surface area contributed by atoms with Crippen LogP contribution in [0.15, 0.2) is 53.2 Å². The van der Waals surface area contributed by atoms with Crippen LogP contribution in [0.4, 0.5) is 30.5 Å². The van der Waals surface area contributed by atoms with Crippen molar-refractivity contribution in [1.82, 2.24) is 30.3 Å². The summed E-state index contributed by atoms with van der Waals surface area (Å²) in [5.41, 5.74) is 1.60. The number of hydrogen-bond donors (Lipinski definition) is 4. The molecule has 0 aliphatic carbocycles. The minimum absolute atomic E-state index is 0.137. The number of nitrogens with one attached hydrogen (secondary N) is 3. The molecule has 3 aromatic heterocycles. The zero-order valence-electron chi connectivity index (χ0n) is 23.5. The summed E-state index contributed by atoms with van der Waals surface area (Å²) in [4.78, 5) is 28.2. The summed E-state index contributed by atoms with van der Waals surface area (Å²) in [5.74, 6) is 1.59. The third-order valence-electron chi connectivity index (χ3n) is 8.80. The van der Waals surface area contributed by atoms with Gasteiger partial charge in [0, 0.05) is 17.7 Å². The van der Waals surface area contributed by atoms with Crippen LogP contribution in [0.2, 0.25) is 0 Å². The molecular formula is C30H29F3N8O3. The number of hydrogen-bond acceptors (Lipinski definition) is 10. The molecule has 4 N–H and O–H groups in total. The van der Waals surface area contributed by atoms with Gasteiger partial charge in [0.15, 0.2) is 5.82 Å². The van der Waals surface area contributed by atoms with Gasteiger partial charge in [-0.2, -0.15) is 18.2 Å². The Kier molecular flexibility index (Phi) is 6.97. The quantitative estimate of drug-likeness (QED) is 0.228. The predicted molar refractivity (Wildman–Crippen MR) is 153 cm³/mol. The fourth-order valence-corrected chi connectivity index (χ4v) is 6.15. The molecule has 44 heavy (non-hydrogen) atoms. The summed E-state index contributed by atoms with van der Waals surface area (Å²) in [5, 5.41) is 23.8. The van der Waals surface area contributed by atoms with Crippen molar-refractivity contribution in [3.63, 3.8) is 0 Å². The molecule has 0 radical (unpaired) electrons. The first-order valence-electron chi connectivity index (χ1n) is 14.4. The average Bonchev–Trinajstić information content (AvgIpc) is 3.68. The highest BCUT2D eigenvalue weighted by molar-refractivity contribution is 5.98. The van der Waals surface area contributed by atoms with Crippen LogP contribution in [-0.4, -0.2) is 62.3 Å². The maximum atomic E-state index is 13.2. The van der Waals surface area contributed by atoms with Crippen molar-refractivity contribution in [2.24, 2.45) is 0 Å². The molecule has 1 atom stereocenters. The van der Waals surface area contributed by atoms with E-state index in [2.05, 4.69) is 36.0 Å². The number of aliphatic hydroxyl groups is 1. The normalized spacial score (nSPS) is 21.5. The van der Waals surface area contributed by atoms with Crippen molar-refractivity contribution in [2.75, 3.05) is 36.9 Å². The van der Waals surface area contributed by atoms with Crippen molar-refractivity contribution < 1.29 is 27.6 Å². The Morgan fingerprint density at radius 1 is 1.02 bits per heavy atom. The van der Waals surface area contributed by atoms with Crippen molar-refractivity contribution in [2.45, 2.75) is 43.4 Å². The van der Waals surface area contributed by atoms with Crippen molar-refractivity contribution in [3.05, 3.63) is 76.9 Å². The smallest absolute Gasteiger partial charge is 0.394 e. The predicted octanol–water partition coefficient (Wildman–Crippen LogP) is 4.42. The third-order valence-corrected chi connectivity index (χ3v) is 8.80. The number of pyridine rings is 2. The molecule has 8 rings (SSSR count). The Labute approximate surface area is 249 Å². The molecule has 7 heterocycles. The highest BCUT2D eigenvalue weighted by Gasteiger charge is 2.44. The minimum atomic E-state index is -4.47. The van der Waals surface area contributed by atoms with Crippen LogP contribution in [-0.2, 0) is 18.1 Å². The Morgan fingerprint density at radius 3 is 2.48 bits per heavy atom. The molecule has 0 saturated carbocycles. The van der Waals surface area contributed by atoms with Gasteiger partial charge in [-0.15, -0.1) is 0 Å². The highest BCUT2D eigenvalue weighted by atomic mass is 19.4. The molecule has 4 aromatic rings. The monoisotopic (exact) mass is 606 g/mol. The number of piperidine rings is 3. The highest BCUT2D eigenvalue weighted by Crippen LogP contribution is 2.42. The second-order valence-electron chi connectivity index (χ2n) is 11.4. The lowest BCUT2D eigenvalue weighted by Gasteiger charge is -2.46. The first-order chi connectivity index (χ1) is 21.2. The van der Waals surface area contributed by atoms with Crippen molar-refractivity contribution in [3.8, 4) is 11.5 Å². The number of halogens is 3. The summed E-state index contributed by atoms with van der Waals surface area (Å²) in [6.45, 7) is 2.89. The fourth-order valence-electron chi connectivity index (χ4n) is 6.15. The van der Waals surface area contributed by atoms with Gasteiger partial charge >= 0.3 is 6.18 Å². The fraction of sp³-hybridized carbons (Fsp3) is 0.367. The molecule has 11 nitrogen and oxygen atoms in total. The molecule has 2 bridgehead atoms. The number of amides is 1. The van der Waals surface area contributed by atoms with E-state index < -0.39 is 24.4 Å². The van der Waals surface area contributed by atoms with E-state index in [-0.39, 0.29) is 17.2 Å². The summed E-state index contributed by atoms with van der Waals surface area (Å²) in [6.07, 6.45) is -0.0594. The topological polar surface area (TPSA) is 141 Å². The number of aromatic nitrogens is 4. The van der Waals surface area contributed by atoms with Crippen LogP contribution >= 0.6 is 0 Å². The molecule has 14 heteroatoms. The lowest BCUT2D eigenvalue weighted by Crippen LogP contribution is -2.51. The van der Waals surface area contributed by atoms with E-state index in [9.17, 15) is 23.1 Å². The number of nitrogens with zero attached hydrogens (tertiary/aromatic N) is 5. The van der Waals surface area contributed by atoms with Gasteiger partial charge in [-0.25, -0.2) is 9.97 Å². The standard InChI is InChI=1S/C30H29F3N8O3/c31-30(32,33)18-3-1-17(2-4-18)23(16-42)36-21-13-25(38-24-6-5-19-22(37-24)15-35-26(19)43)34-14-20(21)27-39-28(40-44-27)29-7-10-41(11-8-29)12-9-29/h1-6,13-14,23,42H,7-12,15-16H2,(H,35,43)(H2,34,36,37,38)/t23-/m1/s1. The Morgan fingerprint density at radius 2 is 1.77 bits per heavy atom. The molecule has 228 valence electrons. The van der Waals surface area contributed by atoms with E-state index >= 15 is 0 Å². The van der Waals surface area contributed by atoms with E-state index in [0.717, 1.165) is 51.0 Å². The van der Waals surface area contributed by atoms with Gasteiger partial charge in [0.25, 0.3) is 11.8 Å². The number of aliphatic hydroxyl groups excluding tert-OH is 1. The maximum Gasteiger partial charge on any atom is 0.416 e. The molecule has 4 aliphatic heterocycles. The molecule has 0 spiro atoms. The first-order valence-corrected chi connectivity index (χ1v) is 14.4. The van der Waals surface area contributed by atoms with Gasteiger partial charge in [0.05, 0.1) is 47.3 Å². The van der Waals surface area contributed by atoms with Gasteiger partial charge in [0.2, 0.25) is 0 Å². The van der Waals surface area contributed by atoms with Crippen LogP contribution in [0.1, 0.15) is 58.3 Å². The van der Waals surface area contributed by atoms with Crippen LogP contribution < -0.4 is 16.0 Å². The number of alkyl halides is 3. The van der Waals surface area contributed by atoms with E-state index in [1.807, 2.05) is 0 Å². The number of benzene rings is 1.